The molecule has 1 N–H and O–H groups in total. The van der Waals surface area contributed by atoms with Crippen molar-refractivity contribution in [2.24, 2.45) is 0 Å². The summed E-state index contributed by atoms with van der Waals surface area (Å²) < 4.78 is 26.4. The molecule has 0 bridgehead atoms. The Morgan fingerprint density at radius 3 is 2.19 bits per heavy atom. The largest absolute Gasteiger partial charge is 0.352 e. The minimum absolute atomic E-state index is 0.0351. The summed E-state index contributed by atoms with van der Waals surface area (Å²) in [5.74, 6) is -0.535. The number of benzene rings is 2. The first kappa shape index (κ1) is 30.9. The number of halogens is 2. The zero-order chi connectivity index (χ0) is 27.9. The molecule has 2 aromatic carbocycles. The van der Waals surface area contributed by atoms with E-state index in [0.29, 0.717) is 21.3 Å². The Balaban J connectivity index is 2.24. The van der Waals surface area contributed by atoms with Crippen LogP contribution in [0, 0.1) is 13.8 Å². The number of nitrogens with zero attached hydrogens (tertiary/aromatic N) is 2. The van der Waals surface area contributed by atoms with E-state index in [1.807, 2.05) is 45.9 Å². The van der Waals surface area contributed by atoms with Gasteiger partial charge in [-0.25, -0.2) is 8.42 Å². The van der Waals surface area contributed by atoms with Crippen molar-refractivity contribution in [3.63, 3.8) is 0 Å². The van der Waals surface area contributed by atoms with Gasteiger partial charge in [0.25, 0.3) is 0 Å². The zero-order valence-corrected chi connectivity index (χ0v) is 24.7. The highest BCUT2D eigenvalue weighted by molar-refractivity contribution is 7.92. The monoisotopic (exact) mass is 569 g/mol. The Bertz CT molecular complexity index is 1200. The van der Waals surface area contributed by atoms with E-state index in [2.05, 4.69) is 5.32 Å². The molecule has 0 saturated carbocycles. The molecule has 0 aliphatic rings. The van der Waals surface area contributed by atoms with Crippen LogP contribution < -0.4 is 9.62 Å². The highest BCUT2D eigenvalue weighted by Gasteiger charge is 2.28. The van der Waals surface area contributed by atoms with Crippen molar-refractivity contribution < 1.29 is 18.0 Å². The van der Waals surface area contributed by atoms with Gasteiger partial charge in [0, 0.05) is 35.6 Å². The Kier molecular flexibility index (Phi) is 11.3. The van der Waals surface area contributed by atoms with Crippen molar-refractivity contribution in [1.29, 1.82) is 0 Å². The van der Waals surface area contributed by atoms with Gasteiger partial charge in [-0.15, -0.1) is 0 Å². The minimum Gasteiger partial charge on any atom is -0.352 e. The summed E-state index contributed by atoms with van der Waals surface area (Å²) in [7, 11) is -3.56. The lowest BCUT2D eigenvalue weighted by Crippen LogP contribution is -2.49. The lowest BCUT2D eigenvalue weighted by molar-refractivity contribution is -0.140. The molecule has 204 valence electrons. The highest BCUT2D eigenvalue weighted by Crippen LogP contribution is 2.25. The smallest absolute Gasteiger partial charge is 0.242 e. The number of carbonyl (C=O) groups excluding carboxylic acids is 2. The zero-order valence-electron chi connectivity index (χ0n) is 22.3. The molecule has 2 amide bonds. The second-order valence-corrected chi connectivity index (χ2v) is 12.3. The summed E-state index contributed by atoms with van der Waals surface area (Å²) in [6.07, 6.45) is 2.25. The molecule has 0 aliphatic carbocycles. The summed E-state index contributed by atoms with van der Waals surface area (Å²) in [6, 6.07) is 9.82. The van der Waals surface area contributed by atoms with Gasteiger partial charge in [0.1, 0.15) is 6.04 Å². The number of hydrogen-bond donors (Lipinski definition) is 1. The van der Waals surface area contributed by atoms with Gasteiger partial charge in [-0.05, 0) is 81.5 Å². The first-order chi connectivity index (χ1) is 17.2. The van der Waals surface area contributed by atoms with Gasteiger partial charge >= 0.3 is 0 Å². The molecule has 7 nitrogen and oxygen atoms in total. The maximum Gasteiger partial charge on any atom is 0.242 e. The van der Waals surface area contributed by atoms with Crippen LogP contribution in [0.5, 0.6) is 0 Å². The Morgan fingerprint density at radius 1 is 1.03 bits per heavy atom. The van der Waals surface area contributed by atoms with Gasteiger partial charge in [-0.2, -0.15) is 0 Å². The number of carbonyl (C=O) groups is 2. The Hall–Kier alpha value is -2.29. The molecule has 2 atom stereocenters. The average molecular weight is 571 g/mol. The quantitative estimate of drug-likeness (QED) is 0.366. The fraction of sp³-hybridized carbons (Fsp3) is 0.481. The maximum atomic E-state index is 13.4. The predicted octanol–water partition coefficient (Wildman–Crippen LogP) is 5.49. The average Bonchev–Trinajstić information content (AvgIpc) is 2.79. The van der Waals surface area contributed by atoms with Crippen LogP contribution in [-0.2, 0) is 26.2 Å². The number of sulfonamides is 1. The molecule has 2 aromatic rings. The molecular formula is C27H37Cl2N3O4S. The number of nitrogens with one attached hydrogen (secondary N) is 1. The van der Waals surface area contributed by atoms with Crippen LogP contribution in [0.2, 0.25) is 10.0 Å². The van der Waals surface area contributed by atoms with E-state index >= 15 is 0 Å². The topological polar surface area (TPSA) is 86.8 Å². The van der Waals surface area contributed by atoms with E-state index < -0.39 is 16.1 Å². The van der Waals surface area contributed by atoms with Gasteiger partial charge in [0.15, 0.2) is 0 Å². The van der Waals surface area contributed by atoms with E-state index in [1.54, 1.807) is 25.1 Å². The van der Waals surface area contributed by atoms with Crippen molar-refractivity contribution in [3.8, 4) is 0 Å². The van der Waals surface area contributed by atoms with Gasteiger partial charge in [0.05, 0.1) is 11.9 Å². The lowest BCUT2D eigenvalue weighted by Gasteiger charge is -2.30. The third-order valence-electron chi connectivity index (χ3n) is 6.17. The first-order valence-electron chi connectivity index (χ1n) is 12.3. The van der Waals surface area contributed by atoms with E-state index in [9.17, 15) is 18.0 Å². The van der Waals surface area contributed by atoms with Gasteiger partial charge in [-0.3, -0.25) is 13.9 Å². The van der Waals surface area contributed by atoms with E-state index in [-0.39, 0.29) is 43.8 Å². The molecule has 0 radical (unpaired) electrons. The number of aryl methyl sites for hydroxylation is 2. The number of anilines is 1. The summed E-state index contributed by atoms with van der Waals surface area (Å²) in [5.41, 5.74) is 3.13. The Labute approximate surface area is 231 Å². The van der Waals surface area contributed by atoms with Gasteiger partial charge < -0.3 is 10.2 Å². The minimum atomic E-state index is -3.56. The molecule has 0 aliphatic heterocycles. The first-order valence-corrected chi connectivity index (χ1v) is 14.9. The molecule has 0 heterocycles. The normalized spacial score (nSPS) is 13.1. The molecule has 0 spiro atoms. The fourth-order valence-corrected chi connectivity index (χ4v) is 5.40. The van der Waals surface area contributed by atoms with Crippen LogP contribution in [0.15, 0.2) is 36.4 Å². The summed E-state index contributed by atoms with van der Waals surface area (Å²) in [4.78, 5) is 27.8. The molecule has 0 fully saturated rings. The van der Waals surface area contributed by atoms with Gasteiger partial charge in [-0.1, -0.05) is 42.3 Å². The Morgan fingerprint density at radius 2 is 1.65 bits per heavy atom. The van der Waals surface area contributed by atoms with Crippen LogP contribution in [0.3, 0.4) is 0 Å². The molecule has 0 unspecified atom stereocenters. The summed E-state index contributed by atoms with van der Waals surface area (Å²) in [6.45, 7) is 9.62. The summed E-state index contributed by atoms with van der Waals surface area (Å²) >= 11 is 12.4. The highest BCUT2D eigenvalue weighted by atomic mass is 35.5. The molecule has 10 heteroatoms. The van der Waals surface area contributed by atoms with Crippen molar-refractivity contribution in [3.05, 3.63) is 63.1 Å². The van der Waals surface area contributed by atoms with Crippen LogP contribution in [-0.4, -0.2) is 50.0 Å². The van der Waals surface area contributed by atoms with Crippen LogP contribution in [0.1, 0.15) is 56.7 Å². The third-order valence-corrected chi connectivity index (χ3v) is 7.95. The SMILES string of the molecule is CC[C@H](C)NC(=O)[C@@H](C)N(Cc1ccc(Cl)cc1Cl)C(=O)CCCN(c1cc(C)cc(C)c1)S(C)(=O)=O. The molecule has 0 aromatic heterocycles. The molecule has 37 heavy (non-hydrogen) atoms. The second kappa shape index (κ2) is 13.5. The summed E-state index contributed by atoms with van der Waals surface area (Å²) in [5, 5.41) is 3.80. The second-order valence-electron chi connectivity index (χ2n) is 9.54. The fourth-order valence-electron chi connectivity index (χ4n) is 3.98. The number of hydrogen-bond acceptors (Lipinski definition) is 4. The van der Waals surface area contributed by atoms with Crippen LogP contribution >= 0.6 is 23.2 Å². The van der Waals surface area contributed by atoms with Crippen molar-refractivity contribution in [2.75, 3.05) is 17.1 Å². The molecular weight excluding hydrogens is 533 g/mol. The maximum absolute atomic E-state index is 13.4. The number of amides is 2. The van der Waals surface area contributed by atoms with E-state index in [1.165, 1.54) is 9.21 Å². The van der Waals surface area contributed by atoms with E-state index in [4.69, 9.17) is 23.2 Å². The van der Waals surface area contributed by atoms with Crippen molar-refractivity contribution in [2.45, 2.75) is 72.5 Å². The van der Waals surface area contributed by atoms with Crippen LogP contribution in [0.4, 0.5) is 5.69 Å². The number of rotatable bonds is 12. The standard InChI is InChI=1S/C27H37Cl2N3O4S/c1-7-20(4)30-27(34)21(5)31(17-22-10-11-23(28)16-25(22)29)26(33)9-8-12-32(37(6,35)36)24-14-18(2)13-19(3)15-24/h10-11,13-16,20-21H,7-9,12,17H2,1-6H3,(H,30,34)/t20-,21+/m0/s1. The lowest BCUT2D eigenvalue weighted by atomic mass is 10.1. The molecule has 2 rings (SSSR count). The van der Waals surface area contributed by atoms with Crippen molar-refractivity contribution in [1.82, 2.24) is 10.2 Å². The van der Waals surface area contributed by atoms with Crippen LogP contribution in [0.25, 0.3) is 0 Å². The predicted molar refractivity (Wildman–Crippen MR) is 152 cm³/mol. The molecule has 0 saturated heterocycles. The third kappa shape index (κ3) is 9.20. The van der Waals surface area contributed by atoms with E-state index in [0.717, 1.165) is 23.8 Å². The van der Waals surface area contributed by atoms with Gasteiger partial charge in [0.2, 0.25) is 21.8 Å². The van der Waals surface area contributed by atoms with Crippen molar-refractivity contribution >= 4 is 50.7 Å².